The number of oxazole rings is 1. The highest BCUT2D eigenvalue weighted by Crippen LogP contribution is 2.42. The van der Waals surface area contributed by atoms with Gasteiger partial charge in [0.05, 0.1) is 0 Å². The average Bonchev–Trinajstić information content (AvgIpc) is 2.89. The van der Waals surface area contributed by atoms with Gasteiger partial charge in [-0.3, -0.25) is 0 Å². The number of aromatic nitrogens is 1. The molecule has 0 aromatic carbocycles. The van der Waals surface area contributed by atoms with Crippen molar-refractivity contribution in [1.29, 1.82) is 5.26 Å². The van der Waals surface area contributed by atoms with Crippen molar-refractivity contribution in [1.82, 2.24) is 4.98 Å². The minimum absolute atomic E-state index is 0.144. The maximum absolute atomic E-state index is 8.62. The van der Waals surface area contributed by atoms with Crippen LogP contribution in [0.25, 0.3) is 0 Å². The fourth-order valence-corrected chi connectivity index (χ4v) is 1.42. The van der Waals surface area contributed by atoms with Crippen molar-refractivity contribution in [2.24, 2.45) is 5.92 Å². The Morgan fingerprint density at radius 1 is 1.69 bits per heavy atom. The molecule has 13 heavy (non-hydrogen) atoms. The smallest absolute Gasteiger partial charge is 0.229 e. The van der Waals surface area contributed by atoms with Crippen LogP contribution in [0.5, 0.6) is 0 Å². The Kier molecular flexibility index (Phi) is 1.73. The van der Waals surface area contributed by atoms with Gasteiger partial charge in [-0.25, -0.2) is 4.98 Å². The van der Waals surface area contributed by atoms with Gasteiger partial charge in [-0.15, -0.1) is 0 Å². The van der Waals surface area contributed by atoms with E-state index in [2.05, 4.69) is 11.9 Å². The van der Waals surface area contributed by atoms with Crippen LogP contribution >= 0.6 is 0 Å². The maximum Gasteiger partial charge on any atom is 0.229 e. The van der Waals surface area contributed by atoms with Crippen molar-refractivity contribution in [3.05, 3.63) is 11.6 Å². The zero-order valence-electron chi connectivity index (χ0n) is 7.45. The molecule has 1 aromatic heterocycles. The van der Waals surface area contributed by atoms with Crippen LogP contribution in [0.15, 0.2) is 4.42 Å². The second-order valence-electron chi connectivity index (χ2n) is 3.50. The predicted molar refractivity (Wildman–Crippen MR) is 46.8 cm³/mol. The summed E-state index contributed by atoms with van der Waals surface area (Å²) in [6, 6.07) is 1.90. The highest BCUT2D eigenvalue weighted by Gasteiger charge is 2.32. The van der Waals surface area contributed by atoms with E-state index >= 15 is 0 Å². The molecule has 4 nitrogen and oxygen atoms in total. The van der Waals surface area contributed by atoms with E-state index in [1.165, 1.54) is 12.8 Å². The molecule has 0 saturated heterocycles. The van der Waals surface area contributed by atoms with Crippen molar-refractivity contribution in [3.63, 3.8) is 0 Å². The van der Waals surface area contributed by atoms with Gasteiger partial charge >= 0.3 is 0 Å². The van der Waals surface area contributed by atoms with E-state index in [0.29, 0.717) is 17.7 Å². The van der Waals surface area contributed by atoms with Gasteiger partial charge in [0.2, 0.25) is 17.5 Å². The monoisotopic (exact) mass is 177 g/mol. The quantitative estimate of drug-likeness (QED) is 0.745. The number of anilines is 1. The summed E-state index contributed by atoms with van der Waals surface area (Å²) in [6.07, 6.45) is 2.46. The second-order valence-corrected chi connectivity index (χ2v) is 3.50. The summed E-state index contributed by atoms with van der Waals surface area (Å²) in [5.74, 6) is 1.72. The van der Waals surface area contributed by atoms with E-state index in [-0.39, 0.29) is 11.6 Å². The molecule has 4 heteroatoms. The maximum atomic E-state index is 8.62. The SMILES string of the molecule is CC(c1nc(C#N)c(N)o1)C1CC1. The Labute approximate surface area is 76.4 Å². The molecule has 1 fully saturated rings. The zero-order valence-corrected chi connectivity index (χ0v) is 7.45. The van der Waals surface area contributed by atoms with Crippen LogP contribution in [-0.2, 0) is 0 Å². The fraction of sp³-hybridized carbons (Fsp3) is 0.556. The lowest BCUT2D eigenvalue weighted by Gasteiger charge is -2.02. The molecule has 1 aromatic rings. The van der Waals surface area contributed by atoms with Crippen molar-refractivity contribution in [2.75, 3.05) is 5.73 Å². The number of nitrogens with zero attached hydrogens (tertiary/aromatic N) is 2. The zero-order chi connectivity index (χ0) is 9.42. The van der Waals surface area contributed by atoms with E-state index in [0.717, 1.165) is 0 Å². The molecule has 1 atom stereocenters. The van der Waals surface area contributed by atoms with Crippen LogP contribution in [0, 0.1) is 17.2 Å². The molecule has 1 unspecified atom stereocenters. The first-order valence-electron chi connectivity index (χ1n) is 4.38. The molecule has 0 aliphatic heterocycles. The summed E-state index contributed by atoms with van der Waals surface area (Å²) >= 11 is 0. The molecular formula is C9H11N3O. The number of nitriles is 1. The molecule has 0 amide bonds. The molecule has 68 valence electrons. The van der Waals surface area contributed by atoms with Crippen molar-refractivity contribution in [3.8, 4) is 6.07 Å². The molecule has 1 saturated carbocycles. The molecule has 0 spiro atoms. The first-order chi connectivity index (χ1) is 6.22. The van der Waals surface area contributed by atoms with Crippen molar-refractivity contribution in [2.45, 2.75) is 25.7 Å². The topological polar surface area (TPSA) is 75.8 Å². The van der Waals surface area contributed by atoms with Crippen LogP contribution < -0.4 is 5.73 Å². The standard InChI is InChI=1S/C9H11N3O/c1-5(6-2-3-6)9-12-7(4-10)8(11)13-9/h5-6H,2-3,11H2,1H3. The minimum Gasteiger partial charge on any atom is -0.424 e. The third-order valence-corrected chi connectivity index (χ3v) is 2.49. The molecule has 0 radical (unpaired) electrons. The summed E-state index contributed by atoms with van der Waals surface area (Å²) in [5.41, 5.74) is 5.67. The molecule has 2 N–H and O–H groups in total. The first-order valence-corrected chi connectivity index (χ1v) is 4.38. The van der Waals surface area contributed by atoms with Crippen LogP contribution in [0.1, 0.15) is 37.3 Å². The number of hydrogen-bond acceptors (Lipinski definition) is 4. The van der Waals surface area contributed by atoms with Gasteiger partial charge in [-0.1, -0.05) is 6.92 Å². The van der Waals surface area contributed by atoms with Crippen LogP contribution in [0.4, 0.5) is 5.88 Å². The van der Waals surface area contributed by atoms with E-state index in [1.54, 1.807) is 0 Å². The van der Waals surface area contributed by atoms with Gasteiger partial charge in [0, 0.05) is 5.92 Å². The van der Waals surface area contributed by atoms with E-state index in [4.69, 9.17) is 15.4 Å². The third-order valence-electron chi connectivity index (χ3n) is 2.49. The summed E-state index contributed by atoms with van der Waals surface area (Å²) in [5, 5.41) is 8.62. The van der Waals surface area contributed by atoms with Crippen LogP contribution in [-0.4, -0.2) is 4.98 Å². The third kappa shape index (κ3) is 1.37. The largest absolute Gasteiger partial charge is 0.424 e. The van der Waals surface area contributed by atoms with E-state index in [1.807, 2.05) is 6.07 Å². The van der Waals surface area contributed by atoms with Crippen molar-refractivity contribution < 1.29 is 4.42 Å². The van der Waals surface area contributed by atoms with Gasteiger partial charge in [0.15, 0.2) is 0 Å². The Morgan fingerprint density at radius 3 is 2.85 bits per heavy atom. The lowest BCUT2D eigenvalue weighted by Crippen LogP contribution is -1.95. The Hall–Kier alpha value is -1.50. The summed E-state index contributed by atoms with van der Waals surface area (Å²) in [6.45, 7) is 2.06. The van der Waals surface area contributed by atoms with E-state index in [9.17, 15) is 0 Å². The lowest BCUT2D eigenvalue weighted by atomic mass is 10.1. The highest BCUT2D eigenvalue weighted by molar-refractivity contribution is 5.40. The molecule has 1 aliphatic rings. The summed E-state index contributed by atoms with van der Waals surface area (Å²) in [4.78, 5) is 4.04. The normalized spacial score (nSPS) is 18.2. The lowest BCUT2D eigenvalue weighted by molar-refractivity contribution is 0.448. The Balaban J connectivity index is 2.25. The van der Waals surface area contributed by atoms with Gasteiger partial charge < -0.3 is 10.2 Å². The van der Waals surface area contributed by atoms with Gasteiger partial charge in [-0.05, 0) is 18.8 Å². The minimum atomic E-state index is 0.144. The summed E-state index contributed by atoms with van der Waals surface area (Å²) in [7, 11) is 0. The van der Waals surface area contributed by atoms with Crippen LogP contribution in [0.2, 0.25) is 0 Å². The van der Waals surface area contributed by atoms with Gasteiger partial charge in [-0.2, -0.15) is 5.26 Å². The highest BCUT2D eigenvalue weighted by atomic mass is 16.4. The predicted octanol–water partition coefficient (Wildman–Crippen LogP) is 1.64. The Bertz CT molecular complexity index is 359. The molecule has 1 aliphatic carbocycles. The van der Waals surface area contributed by atoms with Gasteiger partial charge in [0.1, 0.15) is 6.07 Å². The average molecular weight is 177 g/mol. The molecule has 0 bridgehead atoms. The number of hydrogen-bond donors (Lipinski definition) is 1. The molecule has 1 heterocycles. The second kappa shape index (κ2) is 2.77. The van der Waals surface area contributed by atoms with Crippen molar-refractivity contribution >= 4 is 5.88 Å². The fourth-order valence-electron chi connectivity index (χ4n) is 1.42. The molecule has 2 rings (SSSR count). The Morgan fingerprint density at radius 2 is 2.38 bits per heavy atom. The van der Waals surface area contributed by atoms with Gasteiger partial charge in [0.25, 0.3) is 0 Å². The molecular weight excluding hydrogens is 166 g/mol. The first kappa shape index (κ1) is 8.11. The summed E-state index contributed by atoms with van der Waals surface area (Å²) < 4.78 is 5.21. The number of nitrogens with two attached hydrogens (primary N) is 1. The van der Waals surface area contributed by atoms with Crippen LogP contribution in [0.3, 0.4) is 0 Å². The number of rotatable bonds is 2. The number of nitrogen functional groups attached to an aromatic ring is 1. The van der Waals surface area contributed by atoms with E-state index < -0.39 is 0 Å².